The third-order valence-electron chi connectivity index (χ3n) is 2.79. The Labute approximate surface area is 101 Å². The van der Waals surface area contributed by atoms with Crippen LogP contribution >= 0.6 is 0 Å². The molecule has 0 aliphatic heterocycles. The van der Waals surface area contributed by atoms with E-state index in [-0.39, 0.29) is 6.29 Å². The molecule has 0 fully saturated rings. The van der Waals surface area contributed by atoms with Gasteiger partial charge in [0, 0.05) is 25.8 Å². The molecule has 0 aromatic carbocycles. The lowest BCUT2D eigenvalue weighted by molar-refractivity contribution is -0.133. The van der Waals surface area contributed by atoms with Gasteiger partial charge in [0.05, 0.1) is 0 Å². The van der Waals surface area contributed by atoms with Crippen LogP contribution in [0, 0.1) is 5.92 Å². The van der Waals surface area contributed by atoms with Crippen molar-refractivity contribution >= 4 is 0 Å². The van der Waals surface area contributed by atoms with Gasteiger partial charge in [0.2, 0.25) is 0 Å². The van der Waals surface area contributed by atoms with E-state index in [1.54, 1.807) is 0 Å². The van der Waals surface area contributed by atoms with Crippen LogP contribution in [0.15, 0.2) is 0 Å². The molecule has 0 aromatic rings. The summed E-state index contributed by atoms with van der Waals surface area (Å²) in [6, 6.07) is 0.526. The van der Waals surface area contributed by atoms with Crippen LogP contribution in [-0.4, -0.2) is 32.1 Å². The van der Waals surface area contributed by atoms with E-state index in [1.807, 2.05) is 13.8 Å². The van der Waals surface area contributed by atoms with Crippen molar-refractivity contribution in [3.05, 3.63) is 0 Å². The number of ether oxygens (including phenoxy) is 2. The summed E-state index contributed by atoms with van der Waals surface area (Å²) in [6.45, 7) is 12.9. The third-order valence-corrected chi connectivity index (χ3v) is 2.79. The fraction of sp³-hybridized carbons (Fsp3) is 1.00. The first kappa shape index (κ1) is 15.9. The zero-order valence-electron chi connectivity index (χ0n) is 11.6. The Balaban J connectivity index is 3.72. The molecule has 0 bridgehead atoms. The maximum absolute atomic E-state index is 5.48. The largest absolute Gasteiger partial charge is 0.352 e. The first-order valence-corrected chi connectivity index (χ1v) is 6.60. The first-order chi connectivity index (χ1) is 7.63. The maximum atomic E-state index is 5.48. The molecule has 1 N–H and O–H groups in total. The van der Waals surface area contributed by atoms with Gasteiger partial charge in [0.15, 0.2) is 6.29 Å². The molecule has 3 nitrogen and oxygen atoms in total. The summed E-state index contributed by atoms with van der Waals surface area (Å²) in [6.07, 6.45) is 2.35. The Kier molecular flexibility index (Phi) is 9.99. The molecule has 0 spiro atoms. The van der Waals surface area contributed by atoms with E-state index < -0.39 is 0 Å². The maximum Gasteiger partial charge on any atom is 0.169 e. The molecule has 0 aromatic heterocycles. The summed E-state index contributed by atoms with van der Waals surface area (Å²) < 4.78 is 11.0. The second kappa shape index (κ2) is 10.1. The lowest BCUT2D eigenvalue weighted by Gasteiger charge is -2.22. The zero-order chi connectivity index (χ0) is 12.4. The quantitative estimate of drug-likeness (QED) is 0.586. The normalized spacial score (nSPS) is 15.4. The van der Waals surface area contributed by atoms with Gasteiger partial charge >= 0.3 is 0 Å². The first-order valence-electron chi connectivity index (χ1n) is 6.60. The molecule has 3 heteroatoms. The fourth-order valence-corrected chi connectivity index (χ4v) is 1.69. The predicted octanol–water partition coefficient (Wildman–Crippen LogP) is 2.80. The summed E-state index contributed by atoms with van der Waals surface area (Å²) in [5.74, 6) is 0.778. The van der Waals surface area contributed by atoms with Crippen LogP contribution < -0.4 is 5.32 Å². The van der Waals surface area contributed by atoms with Crippen molar-refractivity contribution in [1.82, 2.24) is 5.32 Å². The van der Waals surface area contributed by atoms with E-state index in [2.05, 4.69) is 26.1 Å². The molecule has 2 atom stereocenters. The Morgan fingerprint density at radius 2 is 1.56 bits per heavy atom. The van der Waals surface area contributed by atoms with Crippen LogP contribution in [0.4, 0.5) is 0 Å². The van der Waals surface area contributed by atoms with Gasteiger partial charge in [-0.25, -0.2) is 0 Å². The number of hydrogen-bond donors (Lipinski definition) is 1. The average Bonchev–Trinajstić information content (AvgIpc) is 2.26. The summed E-state index contributed by atoms with van der Waals surface area (Å²) in [7, 11) is 0. The van der Waals surface area contributed by atoms with Gasteiger partial charge in [0.25, 0.3) is 0 Å². The van der Waals surface area contributed by atoms with Gasteiger partial charge < -0.3 is 14.8 Å². The van der Waals surface area contributed by atoms with Crippen molar-refractivity contribution in [2.75, 3.05) is 19.8 Å². The SMILES string of the molecule is CCOC(CNC(C)CC(C)CC)OCC. The highest BCUT2D eigenvalue weighted by Crippen LogP contribution is 2.09. The fourth-order valence-electron chi connectivity index (χ4n) is 1.69. The van der Waals surface area contributed by atoms with Crippen molar-refractivity contribution in [3.8, 4) is 0 Å². The molecular formula is C13H29NO2. The molecular weight excluding hydrogens is 202 g/mol. The monoisotopic (exact) mass is 231 g/mol. The Morgan fingerprint density at radius 1 is 1.00 bits per heavy atom. The van der Waals surface area contributed by atoms with Gasteiger partial charge in [-0.2, -0.15) is 0 Å². The van der Waals surface area contributed by atoms with Gasteiger partial charge in [-0.3, -0.25) is 0 Å². The molecule has 0 rings (SSSR count). The molecule has 0 heterocycles. The van der Waals surface area contributed by atoms with Crippen LogP contribution in [0.5, 0.6) is 0 Å². The molecule has 16 heavy (non-hydrogen) atoms. The van der Waals surface area contributed by atoms with E-state index in [4.69, 9.17) is 9.47 Å². The molecule has 0 aliphatic carbocycles. The smallest absolute Gasteiger partial charge is 0.169 e. The average molecular weight is 231 g/mol. The van der Waals surface area contributed by atoms with Crippen LogP contribution in [0.25, 0.3) is 0 Å². The Morgan fingerprint density at radius 3 is 2.00 bits per heavy atom. The second-order valence-corrected chi connectivity index (χ2v) is 4.40. The molecule has 2 unspecified atom stereocenters. The van der Waals surface area contributed by atoms with Crippen LogP contribution in [0.3, 0.4) is 0 Å². The van der Waals surface area contributed by atoms with E-state index in [1.165, 1.54) is 12.8 Å². The minimum atomic E-state index is -0.102. The summed E-state index contributed by atoms with van der Waals surface area (Å²) in [5.41, 5.74) is 0. The minimum absolute atomic E-state index is 0.102. The van der Waals surface area contributed by atoms with E-state index in [9.17, 15) is 0 Å². The molecule has 0 aliphatic rings. The van der Waals surface area contributed by atoms with E-state index >= 15 is 0 Å². The lowest BCUT2D eigenvalue weighted by Crippen LogP contribution is -2.37. The molecule has 0 radical (unpaired) electrons. The highest BCUT2D eigenvalue weighted by Gasteiger charge is 2.11. The topological polar surface area (TPSA) is 30.5 Å². The number of hydrogen-bond acceptors (Lipinski definition) is 3. The molecule has 0 amide bonds. The predicted molar refractivity (Wildman–Crippen MR) is 68.6 cm³/mol. The van der Waals surface area contributed by atoms with Gasteiger partial charge in [-0.15, -0.1) is 0 Å². The molecule has 0 saturated carbocycles. The summed E-state index contributed by atoms with van der Waals surface area (Å²) in [5, 5.41) is 3.47. The Bertz CT molecular complexity index is 147. The Hall–Kier alpha value is -0.120. The van der Waals surface area contributed by atoms with Gasteiger partial charge in [0.1, 0.15) is 0 Å². The standard InChI is InChI=1S/C13H29NO2/c1-6-11(4)9-12(5)14-10-13(15-7-2)16-8-3/h11-14H,6-10H2,1-5H3. The van der Waals surface area contributed by atoms with Crippen molar-refractivity contribution in [2.45, 2.75) is 59.8 Å². The number of nitrogens with one attached hydrogen (secondary N) is 1. The van der Waals surface area contributed by atoms with Crippen LogP contribution in [-0.2, 0) is 9.47 Å². The van der Waals surface area contributed by atoms with Gasteiger partial charge in [-0.05, 0) is 33.1 Å². The van der Waals surface area contributed by atoms with Crippen molar-refractivity contribution in [3.63, 3.8) is 0 Å². The van der Waals surface area contributed by atoms with Gasteiger partial charge in [-0.1, -0.05) is 20.3 Å². The lowest BCUT2D eigenvalue weighted by atomic mass is 10.0. The van der Waals surface area contributed by atoms with E-state index in [0.717, 1.165) is 12.5 Å². The molecule has 0 saturated heterocycles. The summed E-state index contributed by atoms with van der Waals surface area (Å²) >= 11 is 0. The summed E-state index contributed by atoms with van der Waals surface area (Å²) in [4.78, 5) is 0. The highest BCUT2D eigenvalue weighted by atomic mass is 16.7. The van der Waals surface area contributed by atoms with Crippen molar-refractivity contribution < 1.29 is 9.47 Å². The van der Waals surface area contributed by atoms with Crippen molar-refractivity contribution in [2.24, 2.45) is 5.92 Å². The third kappa shape index (κ3) is 8.08. The van der Waals surface area contributed by atoms with E-state index in [0.29, 0.717) is 19.3 Å². The molecule has 98 valence electrons. The van der Waals surface area contributed by atoms with Crippen LogP contribution in [0.2, 0.25) is 0 Å². The number of rotatable bonds is 10. The zero-order valence-corrected chi connectivity index (χ0v) is 11.6. The van der Waals surface area contributed by atoms with Crippen LogP contribution in [0.1, 0.15) is 47.5 Å². The minimum Gasteiger partial charge on any atom is -0.352 e. The second-order valence-electron chi connectivity index (χ2n) is 4.40. The van der Waals surface area contributed by atoms with Crippen molar-refractivity contribution in [1.29, 1.82) is 0 Å². The highest BCUT2D eigenvalue weighted by molar-refractivity contribution is 4.65.